The van der Waals surface area contributed by atoms with Gasteiger partial charge in [-0.2, -0.15) is 0 Å². The SMILES string of the molecule is CC[Si](CC)(CC)OC(CCCc1cc(F)cc(F)c1)c1c(Cl)cc(SC)cc1Cl. The summed E-state index contributed by atoms with van der Waals surface area (Å²) in [7, 11) is -1.92. The van der Waals surface area contributed by atoms with Gasteiger partial charge in [0.15, 0.2) is 8.32 Å². The molecule has 0 saturated heterocycles. The number of benzene rings is 2. The van der Waals surface area contributed by atoms with Gasteiger partial charge < -0.3 is 4.43 Å². The number of hydrogen-bond donors (Lipinski definition) is 0. The molecular formula is C23H30Cl2F2OSSi. The number of aryl methyl sites for hydroxylation is 1. The van der Waals surface area contributed by atoms with E-state index in [1.807, 2.05) is 18.4 Å². The third-order valence-corrected chi connectivity index (χ3v) is 11.8. The van der Waals surface area contributed by atoms with Crippen LogP contribution in [0.25, 0.3) is 0 Å². The molecule has 0 N–H and O–H groups in total. The van der Waals surface area contributed by atoms with Crippen molar-refractivity contribution in [2.24, 2.45) is 0 Å². The van der Waals surface area contributed by atoms with Gasteiger partial charge in [0, 0.05) is 26.6 Å². The number of hydrogen-bond acceptors (Lipinski definition) is 2. The third-order valence-electron chi connectivity index (χ3n) is 5.79. The first-order valence-electron chi connectivity index (χ1n) is 10.4. The van der Waals surface area contributed by atoms with Crippen LogP contribution in [0.1, 0.15) is 50.8 Å². The van der Waals surface area contributed by atoms with Gasteiger partial charge in [0.1, 0.15) is 11.6 Å². The Morgan fingerprint density at radius 3 is 1.93 bits per heavy atom. The number of halogens is 4. The first kappa shape index (κ1) is 25.7. The molecule has 30 heavy (non-hydrogen) atoms. The summed E-state index contributed by atoms with van der Waals surface area (Å²) in [5.41, 5.74) is 1.47. The van der Waals surface area contributed by atoms with Crippen LogP contribution in [-0.4, -0.2) is 14.6 Å². The molecule has 1 nitrogen and oxygen atoms in total. The van der Waals surface area contributed by atoms with Crippen molar-refractivity contribution in [2.45, 2.75) is 69.2 Å². The third kappa shape index (κ3) is 6.70. The molecule has 0 fully saturated rings. The zero-order valence-corrected chi connectivity index (χ0v) is 21.4. The van der Waals surface area contributed by atoms with Crippen LogP contribution in [0.15, 0.2) is 35.2 Å². The summed E-state index contributed by atoms with van der Waals surface area (Å²) in [6, 6.07) is 10.6. The predicted octanol–water partition coefficient (Wildman–Crippen LogP) is 9.08. The van der Waals surface area contributed by atoms with Gasteiger partial charge in [-0.05, 0) is 73.5 Å². The summed E-state index contributed by atoms with van der Waals surface area (Å²) in [4.78, 5) is 1.01. The van der Waals surface area contributed by atoms with Crippen LogP contribution in [0, 0.1) is 11.6 Å². The van der Waals surface area contributed by atoms with E-state index in [1.165, 1.54) is 12.1 Å². The summed E-state index contributed by atoms with van der Waals surface area (Å²) in [6.07, 6.45) is 3.71. The van der Waals surface area contributed by atoms with Gasteiger partial charge in [-0.3, -0.25) is 0 Å². The van der Waals surface area contributed by atoms with E-state index in [-0.39, 0.29) is 6.10 Å². The van der Waals surface area contributed by atoms with Gasteiger partial charge in [0.05, 0.1) is 6.10 Å². The fourth-order valence-electron chi connectivity index (χ4n) is 3.80. The minimum absolute atomic E-state index is 0.231. The smallest absolute Gasteiger partial charge is 0.192 e. The molecule has 0 saturated carbocycles. The van der Waals surface area contributed by atoms with Gasteiger partial charge in [-0.1, -0.05) is 44.0 Å². The van der Waals surface area contributed by atoms with Gasteiger partial charge in [0.25, 0.3) is 0 Å². The molecule has 0 bridgehead atoms. The van der Waals surface area contributed by atoms with Crippen molar-refractivity contribution in [2.75, 3.05) is 6.26 Å². The highest BCUT2D eigenvalue weighted by atomic mass is 35.5. The van der Waals surface area contributed by atoms with Crippen molar-refractivity contribution < 1.29 is 13.2 Å². The van der Waals surface area contributed by atoms with Crippen molar-refractivity contribution in [3.8, 4) is 0 Å². The quantitative estimate of drug-likeness (QED) is 0.229. The topological polar surface area (TPSA) is 9.23 Å². The molecule has 0 heterocycles. The van der Waals surface area contributed by atoms with E-state index in [1.54, 1.807) is 11.8 Å². The average molecular weight is 492 g/mol. The molecule has 0 aromatic heterocycles. The molecule has 0 spiro atoms. The molecule has 0 amide bonds. The number of thioether (sulfide) groups is 1. The molecule has 166 valence electrons. The number of rotatable bonds is 11. The van der Waals surface area contributed by atoms with E-state index in [2.05, 4.69) is 20.8 Å². The molecule has 2 aromatic carbocycles. The Morgan fingerprint density at radius 2 is 1.47 bits per heavy atom. The lowest BCUT2D eigenvalue weighted by Gasteiger charge is -2.34. The molecule has 0 aliphatic carbocycles. The fourth-order valence-corrected chi connectivity index (χ4v) is 7.97. The Kier molecular flexibility index (Phi) is 10.2. The van der Waals surface area contributed by atoms with E-state index in [0.717, 1.165) is 34.7 Å². The molecule has 0 aliphatic rings. The Bertz CT molecular complexity index is 794. The highest BCUT2D eigenvalue weighted by molar-refractivity contribution is 7.98. The van der Waals surface area contributed by atoms with Gasteiger partial charge in [0.2, 0.25) is 0 Å². The minimum atomic E-state index is -1.92. The monoisotopic (exact) mass is 490 g/mol. The highest BCUT2D eigenvalue weighted by Crippen LogP contribution is 2.41. The molecular weight excluding hydrogens is 461 g/mol. The van der Waals surface area contributed by atoms with Gasteiger partial charge >= 0.3 is 0 Å². The second-order valence-corrected chi connectivity index (χ2v) is 13.9. The predicted molar refractivity (Wildman–Crippen MR) is 129 cm³/mol. The zero-order chi connectivity index (χ0) is 22.3. The van der Waals surface area contributed by atoms with Crippen LogP contribution in [0.2, 0.25) is 28.2 Å². The Balaban J connectivity index is 2.29. The molecule has 2 rings (SSSR count). The Morgan fingerprint density at radius 1 is 0.933 bits per heavy atom. The van der Waals surface area contributed by atoms with Crippen molar-refractivity contribution in [3.05, 3.63) is 63.1 Å². The van der Waals surface area contributed by atoms with E-state index in [9.17, 15) is 8.78 Å². The first-order chi connectivity index (χ1) is 14.3. The Hall–Kier alpha value is -0.593. The Labute approximate surface area is 194 Å². The second-order valence-electron chi connectivity index (χ2n) is 7.52. The summed E-state index contributed by atoms with van der Waals surface area (Å²) in [6.45, 7) is 6.56. The summed E-state index contributed by atoms with van der Waals surface area (Å²) >= 11 is 14.9. The maximum absolute atomic E-state index is 13.5. The zero-order valence-electron chi connectivity index (χ0n) is 18.0. The van der Waals surface area contributed by atoms with E-state index in [0.29, 0.717) is 34.9 Å². The van der Waals surface area contributed by atoms with Crippen molar-refractivity contribution in [1.82, 2.24) is 0 Å². The molecule has 0 aliphatic heterocycles. The van der Waals surface area contributed by atoms with E-state index in [4.69, 9.17) is 27.6 Å². The van der Waals surface area contributed by atoms with E-state index >= 15 is 0 Å². The van der Waals surface area contributed by atoms with Crippen LogP contribution in [0.5, 0.6) is 0 Å². The maximum Gasteiger partial charge on any atom is 0.192 e. The molecule has 1 atom stereocenters. The largest absolute Gasteiger partial charge is 0.410 e. The second kappa shape index (κ2) is 11.9. The lowest BCUT2D eigenvalue weighted by Crippen LogP contribution is -2.37. The lowest BCUT2D eigenvalue weighted by molar-refractivity contribution is 0.177. The molecule has 0 radical (unpaired) electrons. The van der Waals surface area contributed by atoms with Crippen LogP contribution in [-0.2, 0) is 10.8 Å². The van der Waals surface area contributed by atoms with Gasteiger partial charge in [-0.25, -0.2) is 8.78 Å². The van der Waals surface area contributed by atoms with Crippen LogP contribution in [0.3, 0.4) is 0 Å². The van der Waals surface area contributed by atoms with Gasteiger partial charge in [-0.15, -0.1) is 11.8 Å². The summed E-state index contributed by atoms with van der Waals surface area (Å²) in [5, 5.41) is 1.22. The molecule has 7 heteroatoms. The van der Waals surface area contributed by atoms with Crippen molar-refractivity contribution in [3.63, 3.8) is 0 Å². The van der Waals surface area contributed by atoms with E-state index < -0.39 is 20.0 Å². The van der Waals surface area contributed by atoms with Crippen LogP contribution >= 0.6 is 35.0 Å². The average Bonchev–Trinajstić information content (AvgIpc) is 2.70. The highest BCUT2D eigenvalue weighted by Gasteiger charge is 2.34. The summed E-state index contributed by atoms with van der Waals surface area (Å²) in [5.74, 6) is -1.10. The first-order valence-corrected chi connectivity index (χ1v) is 14.9. The minimum Gasteiger partial charge on any atom is -0.410 e. The normalized spacial score (nSPS) is 12.9. The molecule has 1 unspecified atom stereocenters. The lowest BCUT2D eigenvalue weighted by atomic mass is 10.0. The van der Waals surface area contributed by atoms with Crippen LogP contribution < -0.4 is 0 Å². The van der Waals surface area contributed by atoms with Crippen molar-refractivity contribution in [1.29, 1.82) is 0 Å². The fraction of sp³-hybridized carbons (Fsp3) is 0.478. The van der Waals surface area contributed by atoms with Crippen molar-refractivity contribution >= 4 is 43.3 Å². The molecule has 2 aromatic rings. The summed E-state index contributed by atoms with van der Waals surface area (Å²) < 4.78 is 33.8. The maximum atomic E-state index is 13.5. The standard InChI is InChI=1S/C23H30Cl2F2OSSi/c1-5-30(6-2,7-3)28-22(23-20(24)14-19(29-4)15-21(23)25)10-8-9-16-11-17(26)13-18(27)12-16/h11-15,22H,5-10H2,1-4H3. The van der Waals surface area contributed by atoms with Crippen LogP contribution in [0.4, 0.5) is 8.78 Å².